The molecule has 5 aromatic carbocycles. The quantitative estimate of drug-likeness (QED) is 0.268. The lowest BCUT2D eigenvalue weighted by Gasteiger charge is -2.20. The molecule has 5 rings (SSSR count). The molecule has 0 bridgehead atoms. The van der Waals surface area contributed by atoms with Crippen LogP contribution in [0.4, 0.5) is 0 Å². The maximum atomic E-state index is 14.5. The molecule has 160 valence electrons. The number of benzene rings is 5. The Morgan fingerprint density at radius 2 is 0.848 bits per heavy atom. The summed E-state index contributed by atoms with van der Waals surface area (Å²) < 4.78 is 14.5. The molecule has 0 heterocycles. The Hall–Kier alpha value is -3.67. The van der Waals surface area contributed by atoms with Crippen LogP contribution in [-0.2, 0) is 4.57 Å². The summed E-state index contributed by atoms with van der Waals surface area (Å²) in [5.41, 5.74) is 5.91. The predicted octanol–water partition coefficient (Wildman–Crippen LogP) is 6.97. The van der Waals surface area contributed by atoms with E-state index in [1.807, 2.05) is 72.8 Å². The lowest BCUT2D eigenvalue weighted by Crippen LogP contribution is -2.24. The molecule has 0 aliphatic heterocycles. The Bertz CT molecular complexity index is 1360. The van der Waals surface area contributed by atoms with Crippen molar-refractivity contribution in [2.45, 2.75) is 6.92 Å². The highest BCUT2D eigenvalue weighted by molar-refractivity contribution is 7.85. The highest BCUT2D eigenvalue weighted by Gasteiger charge is 2.29. The standard InChI is InChI=1S/C31H25OP/c1-24-15-17-25(18-16-24)27-9-8-10-28(23-27)26-19-21-31(22-20-26)33(32,29-11-4-2-5-12-29)30-13-6-3-7-14-30/h2-23H,1H3. The summed E-state index contributed by atoms with van der Waals surface area (Å²) in [5.74, 6) is 0. The maximum Gasteiger partial charge on any atom is 0.171 e. The van der Waals surface area contributed by atoms with E-state index in [-0.39, 0.29) is 0 Å². The Morgan fingerprint density at radius 3 is 1.33 bits per heavy atom. The van der Waals surface area contributed by atoms with Gasteiger partial charge in [-0.2, -0.15) is 0 Å². The van der Waals surface area contributed by atoms with Crippen molar-refractivity contribution in [1.29, 1.82) is 0 Å². The van der Waals surface area contributed by atoms with Gasteiger partial charge >= 0.3 is 0 Å². The molecule has 0 unspecified atom stereocenters. The van der Waals surface area contributed by atoms with Gasteiger partial charge in [0.05, 0.1) is 0 Å². The van der Waals surface area contributed by atoms with E-state index < -0.39 is 7.14 Å². The number of aryl methyl sites for hydroxylation is 1. The minimum absolute atomic E-state index is 0.846. The summed E-state index contributed by atoms with van der Waals surface area (Å²) in [6.45, 7) is 2.10. The molecule has 0 radical (unpaired) electrons. The zero-order chi connectivity index (χ0) is 22.7. The van der Waals surface area contributed by atoms with Gasteiger partial charge in [-0.1, -0.05) is 133 Å². The molecule has 0 fully saturated rings. The first-order chi connectivity index (χ1) is 16.1. The molecular formula is C31H25OP. The van der Waals surface area contributed by atoms with E-state index in [2.05, 4.69) is 67.6 Å². The first-order valence-corrected chi connectivity index (χ1v) is 12.8. The number of hydrogen-bond acceptors (Lipinski definition) is 1. The van der Waals surface area contributed by atoms with E-state index in [1.165, 1.54) is 16.7 Å². The van der Waals surface area contributed by atoms with Crippen molar-refractivity contribution in [3.05, 3.63) is 139 Å². The third kappa shape index (κ3) is 4.21. The number of rotatable bonds is 5. The molecule has 2 heteroatoms. The average Bonchev–Trinajstić information content (AvgIpc) is 2.90. The minimum Gasteiger partial charge on any atom is -0.309 e. The van der Waals surface area contributed by atoms with Gasteiger partial charge in [0.15, 0.2) is 7.14 Å². The van der Waals surface area contributed by atoms with E-state index in [1.54, 1.807) is 0 Å². The topological polar surface area (TPSA) is 17.1 Å². The highest BCUT2D eigenvalue weighted by Crippen LogP contribution is 2.42. The molecule has 0 aliphatic carbocycles. The molecule has 0 atom stereocenters. The van der Waals surface area contributed by atoms with E-state index in [4.69, 9.17) is 0 Å². The molecule has 33 heavy (non-hydrogen) atoms. The minimum atomic E-state index is -2.95. The van der Waals surface area contributed by atoms with Crippen molar-refractivity contribution in [3.8, 4) is 22.3 Å². The van der Waals surface area contributed by atoms with Crippen LogP contribution in [0, 0.1) is 6.92 Å². The van der Waals surface area contributed by atoms with Gasteiger partial charge in [-0.05, 0) is 35.2 Å². The fraction of sp³-hybridized carbons (Fsp3) is 0.0323. The first kappa shape index (κ1) is 21.2. The van der Waals surface area contributed by atoms with Crippen LogP contribution in [0.2, 0.25) is 0 Å². The van der Waals surface area contributed by atoms with Gasteiger partial charge in [-0.3, -0.25) is 0 Å². The molecular weight excluding hydrogens is 419 g/mol. The third-order valence-corrected chi connectivity index (χ3v) is 9.13. The Morgan fingerprint density at radius 1 is 0.424 bits per heavy atom. The van der Waals surface area contributed by atoms with Crippen LogP contribution in [0.5, 0.6) is 0 Å². The van der Waals surface area contributed by atoms with E-state index in [0.29, 0.717) is 0 Å². The van der Waals surface area contributed by atoms with Crippen LogP contribution in [0.3, 0.4) is 0 Å². The average molecular weight is 445 g/mol. The van der Waals surface area contributed by atoms with Gasteiger partial charge in [-0.15, -0.1) is 0 Å². The van der Waals surface area contributed by atoms with Crippen molar-refractivity contribution in [3.63, 3.8) is 0 Å². The molecule has 0 saturated carbocycles. The van der Waals surface area contributed by atoms with Gasteiger partial charge in [0.25, 0.3) is 0 Å². The van der Waals surface area contributed by atoms with E-state index in [9.17, 15) is 4.57 Å². The molecule has 5 aromatic rings. The normalized spacial score (nSPS) is 11.3. The van der Waals surface area contributed by atoms with Crippen LogP contribution < -0.4 is 15.9 Å². The first-order valence-electron chi connectivity index (χ1n) is 11.1. The van der Waals surface area contributed by atoms with Gasteiger partial charge in [0.2, 0.25) is 0 Å². The summed E-state index contributed by atoms with van der Waals surface area (Å²) in [4.78, 5) is 0. The van der Waals surface area contributed by atoms with Gasteiger partial charge in [-0.25, -0.2) is 0 Å². The highest BCUT2D eigenvalue weighted by atomic mass is 31.2. The van der Waals surface area contributed by atoms with Crippen LogP contribution >= 0.6 is 7.14 Å². The Balaban J connectivity index is 1.54. The lowest BCUT2D eigenvalue weighted by molar-refractivity contribution is 0.592. The Kier molecular flexibility index (Phi) is 5.82. The van der Waals surface area contributed by atoms with Crippen molar-refractivity contribution in [2.75, 3.05) is 0 Å². The molecule has 0 N–H and O–H groups in total. The summed E-state index contributed by atoms with van der Waals surface area (Å²) >= 11 is 0. The summed E-state index contributed by atoms with van der Waals surface area (Å²) in [6.07, 6.45) is 0. The predicted molar refractivity (Wildman–Crippen MR) is 141 cm³/mol. The van der Waals surface area contributed by atoms with Gasteiger partial charge in [0.1, 0.15) is 0 Å². The van der Waals surface area contributed by atoms with Crippen molar-refractivity contribution in [1.82, 2.24) is 0 Å². The summed E-state index contributed by atoms with van der Waals surface area (Å²) in [6, 6.07) is 45.0. The molecule has 0 amide bonds. The van der Waals surface area contributed by atoms with Crippen molar-refractivity contribution < 1.29 is 4.57 Å². The van der Waals surface area contributed by atoms with Crippen molar-refractivity contribution >= 4 is 23.1 Å². The zero-order valence-electron chi connectivity index (χ0n) is 18.6. The fourth-order valence-corrected chi connectivity index (χ4v) is 6.86. The zero-order valence-corrected chi connectivity index (χ0v) is 19.5. The molecule has 0 spiro atoms. The second-order valence-corrected chi connectivity index (χ2v) is 11.0. The van der Waals surface area contributed by atoms with Crippen LogP contribution in [-0.4, -0.2) is 0 Å². The summed E-state index contributed by atoms with van der Waals surface area (Å²) in [7, 11) is -2.95. The van der Waals surface area contributed by atoms with Crippen LogP contribution in [0.15, 0.2) is 133 Å². The second kappa shape index (κ2) is 9.06. The van der Waals surface area contributed by atoms with E-state index >= 15 is 0 Å². The largest absolute Gasteiger partial charge is 0.309 e. The van der Waals surface area contributed by atoms with E-state index in [0.717, 1.165) is 27.0 Å². The lowest BCUT2D eigenvalue weighted by atomic mass is 9.99. The molecule has 0 aromatic heterocycles. The van der Waals surface area contributed by atoms with Crippen molar-refractivity contribution in [2.24, 2.45) is 0 Å². The third-order valence-electron chi connectivity index (χ3n) is 6.05. The molecule has 0 saturated heterocycles. The maximum absolute atomic E-state index is 14.5. The summed E-state index contributed by atoms with van der Waals surface area (Å²) in [5, 5.41) is 2.55. The second-order valence-electron chi connectivity index (χ2n) is 8.27. The molecule has 1 nitrogen and oxygen atoms in total. The molecule has 0 aliphatic rings. The van der Waals surface area contributed by atoms with Crippen LogP contribution in [0.25, 0.3) is 22.3 Å². The number of hydrogen-bond donors (Lipinski definition) is 0. The van der Waals surface area contributed by atoms with Crippen LogP contribution in [0.1, 0.15) is 5.56 Å². The Labute approximate surface area is 195 Å². The van der Waals surface area contributed by atoms with Gasteiger partial charge < -0.3 is 4.57 Å². The SMILES string of the molecule is Cc1ccc(-c2cccc(-c3ccc(P(=O)(c4ccccc4)c4ccccc4)cc3)c2)cc1. The smallest absolute Gasteiger partial charge is 0.171 e. The fourth-order valence-electron chi connectivity index (χ4n) is 4.21. The van der Waals surface area contributed by atoms with Gasteiger partial charge in [0, 0.05) is 15.9 Å². The monoisotopic (exact) mass is 444 g/mol.